The van der Waals surface area contributed by atoms with Crippen molar-refractivity contribution in [2.24, 2.45) is 0 Å². The van der Waals surface area contributed by atoms with Crippen molar-refractivity contribution in [3.05, 3.63) is 30.1 Å². The highest BCUT2D eigenvalue weighted by Gasteiger charge is 2.37. The number of piperidine rings is 2. The lowest BCUT2D eigenvalue weighted by molar-refractivity contribution is 0.0177. The smallest absolute Gasteiger partial charge is 0.0271 e. The Hall–Kier alpha value is -0.930. The number of fused-ring (bicyclic) bond motifs is 2. The van der Waals surface area contributed by atoms with Gasteiger partial charge in [-0.1, -0.05) is 13.3 Å². The summed E-state index contributed by atoms with van der Waals surface area (Å²) in [7, 11) is 0. The van der Waals surface area contributed by atoms with Crippen molar-refractivity contribution in [3.8, 4) is 0 Å². The molecule has 1 N–H and O–H groups in total. The molecule has 0 spiro atoms. The minimum Gasteiger partial charge on any atom is -0.314 e. The topological polar surface area (TPSA) is 28.2 Å². The van der Waals surface area contributed by atoms with E-state index in [-0.39, 0.29) is 0 Å². The van der Waals surface area contributed by atoms with Crippen LogP contribution in [-0.2, 0) is 6.54 Å². The van der Waals surface area contributed by atoms with Gasteiger partial charge in [0, 0.05) is 37.1 Å². The average Bonchev–Trinajstić information content (AvgIpc) is 2.46. The van der Waals surface area contributed by atoms with Crippen molar-refractivity contribution in [3.63, 3.8) is 0 Å². The van der Waals surface area contributed by atoms with Crippen LogP contribution in [0.5, 0.6) is 0 Å². The van der Waals surface area contributed by atoms with Gasteiger partial charge in [0.2, 0.25) is 0 Å². The molecule has 2 bridgehead atoms. The second kappa shape index (κ2) is 6.68. The van der Waals surface area contributed by atoms with Crippen molar-refractivity contribution in [1.82, 2.24) is 15.2 Å². The minimum atomic E-state index is 0.749. The van der Waals surface area contributed by atoms with E-state index in [9.17, 15) is 0 Å². The Bertz CT molecular complexity index is 392. The molecule has 3 rings (SSSR count). The summed E-state index contributed by atoms with van der Waals surface area (Å²) in [4.78, 5) is 6.89. The molecule has 2 aliphatic rings. The van der Waals surface area contributed by atoms with Crippen LogP contribution in [0.3, 0.4) is 0 Å². The van der Waals surface area contributed by atoms with Gasteiger partial charge in [0.1, 0.15) is 0 Å². The maximum absolute atomic E-state index is 4.13. The van der Waals surface area contributed by atoms with E-state index in [0.29, 0.717) is 0 Å². The third-order valence-electron chi connectivity index (χ3n) is 4.92. The molecule has 2 saturated heterocycles. The first-order chi connectivity index (χ1) is 9.86. The summed E-state index contributed by atoms with van der Waals surface area (Å²) in [5.74, 6) is 0. The zero-order chi connectivity index (χ0) is 13.8. The molecule has 2 fully saturated rings. The van der Waals surface area contributed by atoms with E-state index < -0.39 is 0 Å². The number of aromatic nitrogens is 1. The van der Waals surface area contributed by atoms with Crippen LogP contribution in [0.15, 0.2) is 24.5 Å². The van der Waals surface area contributed by atoms with Gasteiger partial charge in [-0.3, -0.25) is 9.88 Å². The molecule has 3 heteroatoms. The molecule has 0 amide bonds. The van der Waals surface area contributed by atoms with Crippen molar-refractivity contribution >= 4 is 0 Å². The first kappa shape index (κ1) is 14.0. The Balaban J connectivity index is 1.64. The van der Waals surface area contributed by atoms with Crippen LogP contribution < -0.4 is 5.32 Å². The normalized spacial score (nSPS) is 30.4. The van der Waals surface area contributed by atoms with Crippen LogP contribution in [-0.4, -0.2) is 34.6 Å². The number of hydrogen-bond donors (Lipinski definition) is 1. The summed E-state index contributed by atoms with van der Waals surface area (Å²) in [6.07, 6.45) is 11.9. The van der Waals surface area contributed by atoms with E-state index in [2.05, 4.69) is 34.3 Å². The molecule has 2 unspecified atom stereocenters. The van der Waals surface area contributed by atoms with E-state index >= 15 is 0 Å². The van der Waals surface area contributed by atoms with Crippen LogP contribution in [0.4, 0.5) is 0 Å². The SMILES string of the molecule is CCCNC1CC2CCCC(C1)N2Cc1ccncc1. The van der Waals surface area contributed by atoms with E-state index in [4.69, 9.17) is 0 Å². The third kappa shape index (κ3) is 3.21. The highest BCUT2D eigenvalue weighted by molar-refractivity contribution is 5.11. The lowest BCUT2D eigenvalue weighted by Crippen LogP contribution is -2.55. The molecule has 2 aliphatic heterocycles. The summed E-state index contributed by atoms with van der Waals surface area (Å²) in [6.45, 7) is 4.54. The van der Waals surface area contributed by atoms with Gasteiger partial charge >= 0.3 is 0 Å². The average molecular weight is 273 g/mol. The maximum Gasteiger partial charge on any atom is 0.0271 e. The molecule has 20 heavy (non-hydrogen) atoms. The van der Waals surface area contributed by atoms with Crippen molar-refractivity contribution < 1.29 is 0 Å². The third-order valence-corrected chi connectivity index (χ3v) is 4.92. The standard InChI is InChI=1S/C17H27N3/c1-2-8-19-15-11-16-4-3-5-17(12-15)20(16)13-14-6-9-18-10-7-14/h6-7,9-10,15-17,19H,2-5,8,11-13H2,1H3. The Morgan fingerprint density at radius 1 is 1.20 bits per heavy atom. The van der Waals surface area contributed by atoms with E-state index in [0.717, 1.165) is 24.7 Å². The molecule has 1 aromatic heterocycles. The minimum absolute atomic E-state index is 0.749. The van der Waals surface area contributed by atoms with Gasteiger partial charge < -0.3 is 5.32 Å². The number of nitrogens with zero attached hydrogens (tertiary/aromatic N) is 2. The zero-order valence-corrected chi connectivity index (χ0v) is 12.6. The fourth-order valence-electron chi connectivity index (χ4n) is 3.95. The van der Waals surface area contributed by atoms with Crippen LogP contribution in [0.2, 0.25) is 0 Å². The number of pyridine rings is 1. The summed E-state index contributed by atoms with van der Waals surface area (Å²) >= 11 is 0. The Morgan fingerprint density at radius 2 is 1.90 bits per heavy atom. The Labute approximate surface area is 122 Å². The number of hydrogen-bond acceptors (Lipinski definition) is 3. The van der Waals surface area contributed by atoms with Gasteiger partial charge in [-0.25, -0.2) is 0 Å². The molecule has 3 heterocycles. The largest absolute Gasteiger partial charge is 0.314 e. The predicted molar refractivity (Wildman–Crippen MR) is 82.5 cm³/mol. The molecular formula is C17H27N3. The van der Waals surface area contributed by atoms with Crippen molar-refractivity contribution in [1.29, 1.82) is 0 Å². The fourth-order valence-corrected chi connectivity index (χ4v) is 3.95. The summed E-state index contributed by atoms with van der Waals surface area (Å²) in [6, 6.07) is 6.64. The predicted octanol–water partition coefficient (Wildman–Crippen LogP) is 2.97. The lowest BCUT2D eigenvalue weighted by atomic mass is 9.81. The molecule has 0 radical (unpaired) electrons. The first-order valence-corrected chi connectivity index (χ1v) is 8.25. The summed E-state index contributed by atoms with van der Waals surface area (Å²) in [5.41, 5.74) is 1.41. The zero-order valence-electron chi connectivity index (χ0n) is 12.6. The molecule has 3 nitrogen and oxygen atoms in total. The quantitative estimate of drug-likeness (QED) is 0.894. The lowest BCUT2D eigenvalue weighted by Gasteiger charge is -2.49. The molecule has 0 saturated carbocycles. The van der Waals surface area contributed by atoms with Crippen molar-refractivity contribution in [2.45, 2.75) is 70.1 Å². The van der Waals surface area contributed by atoms with Crippen LogP contribution in [0.1, 0.15) is 51.0 Å². The van der Waals surface area contributed by atoms with Crippen molar-refractivity contribution in [2.75, 3.05) is 6.54 Å². The first-order valence-electron chi connectivity index (χ1n) is 8.25. The van der Waals surface area contributed by atoms with Crippen LogP contribution >= 0.6 is 0 Å². The molecule has 0 aliphatic carbocycles. The van der Waals surface area contributed by atoms with Gasteiger partial charge in [-0.05, 0) is 56.3 Å². The van der Waals surface area contributed by atoms with E-state index in [1.807, 2.05) is 12.4 Å². The van der Waals surface area contributed by atoms with Gasteiger partial charge in [0.15, 0.2) is 0 Å². The second-order valence-corrected chi connectivity index (χ2v) is 6.39. The maximum atomic E-state index is 4.13. The highest BCUT2D eigenvalue weighted by Crippen LogP contribution is 2.35. The van der Waals surface area contributed by atoms with E-state index in [1.54, 1.807) is 0 Å². The molecule has 110 valence electrons. The fraction of sp³-hybridized carbons (Fsp3) is 0.706. The van der Waals surface area contributed by atoms with Gasteiger partial charge in [0.05, 0.1) is 0 Å². The molecular weight excluding hydrogens is 246 g/mol. The molecule has 2 atom stereocenters. The van der Waals surface area contributed by atoms with Crippen LogP contribution in [0, 0.1) is 0 Å². The Kier molecular flexibility index (Phi) is 4.69. The molecule has 0 aromatic carbocycles. The Morgan fingerprint density at radius 3 is 2.55 bits per heavy atom. The van der Waals surface area contributed by atoms with Gasteiger partial charge in [-0.15, -0.1) is 0 Å². The number of nitrogens with one attached hydrogen (secondary N) is 1. The van der Waals surface area contributed by atoms with Gasteiger partial charge in [0.25, 0.3) is 0 Å². The monoisotopic (exact) mass is 273 g/mol. The second-order valence-electron chi connectivity index (χ2n) is 6.39. The molecule has 1 aromatic rings. The number of rotatable bonds is 5. The highest BCUT2D eigenvalue weighted by atomic mass is 15.2. The van der Waals surface area contributed by atoms with Crippen LogP contribution in [0.25, 0.3) is 0 Å². The summed E-state index contributed by atoms with van der Waals surface area (Å²) in [5, 5.41) is 3.75. The van der Waals surface area contributed by atoms with E-state index in [1.165, 1.54) is 50.6 Å². The summed E-state index contributed by atoms with van der Waals surface area (Å²) < 4.78 is 0. The van der Waals surface area contributed by atoms with Gasteiger partial charge in [-0.2, -0.15) is 0 Å².